The van der Waals surface area contributed by atoms with Crippen LogP contribution in [0.4, 0.5) is 0 Å². The lowest BCUT2D eigenvalue weighted by Gasteiger charge is -2.12. The molecule has 0 radical (unpaired) electrons. The molecule has 0 aliphatic rings. The Kier molecular flexibility index (Phi) is 10.7. The van der Waals surface area contributed by atoms with Gasteiger partial charge >= 0.3 is 0 Å². The highest BCUT2D eigenvalue weighted by atomic mass is 127. The average Bonchev–Trinajstić information content (AvgIpc) is 3.13. The SMILES string of the molecule is CCNC(=NCc1cc(OC)c(OC)cc1Br)NCc1cc(C(C)C)no1.I. The molecule has 0 amide bonds. The van der Waals surface area contributed by atoms with Crippen LogP contribution in [0.3, 0.4) is 0 Å². The van der Waals surface area contributed by atoms with Gasteiger partial charge in [-0.1, -0.05) is 34.9 Å². The van der Waals surface area contributed by atoms with Gasteiger partial charge in [0.15, 0.2) is 23.2 Å². The predicted octanol–water partition coefficient (Wildman–Crippen LogP) is 4.45. The summed E-state index contributed by atoms with van der Waals surface area (Å²) in [4.78, 5) is 4.64. The van der Waals surface area contributed by atoms with Crippen LogP contribution >= 0.6 is 39.9 Å². The first-order chi connectivity index (χ1) is 13.0. The second-order valence-corrected chi connectivity index (χ2v) is 7.07. The summed E-state index contributed by atoms with van der Waals surface area (Å²) in [5, 5.41) is 10.6. The van der Waals surface area contributed by atoms with Gasteiger partial charge in [-0.15, -0.1) is 24.0 Å². The zero-order chi connectivity index (χ0) is 19.8. The van der Waals surface area contributed by atoms with E-state index in [9.17, 15) is 0 Å². The number of aliphatic imine (C=N–C) groups is 1. The highest BCUT2D eigenvalue weighted by molar-refractivity contribution is 14.0. The van der Waals surface area contributed by atoms with E-state index in [0.717, 1.165) is 28.0 Å². The van der Waals surface area contributed by atoms with Gasteiger partial charge in [0, 0.05) is 17.1 Å². The molecule has 156 valence electrons. The van der Waals surface area contributed by atoms with E-state index in [1.807, 2.05) is 25.1 Å². The second-order valence-electron chi connectivity index (χ2n) is 6.22. The third kappa shape index (κ3) is 6.84. The van der Waals surface area contributed by atoms with Crippen molar-refractivity contribution < 1.29 is 14.0 Å². The molecular formula is C19H28BrIN4O3. The zero-order valence-corrected chi connectivity index (χ0v) is 20.8. The monoisotopic (exact) mass is 566 g/mol. The first-order valence-electron chi connectivity index (χ1n) is 8.86. The van der Waals surface area contributed by atoms with Crippen LogP contribution in [0.2, 0.25) is 0 Å². The maximum atomic E-state index is 5.37. The molecule has 28 heavy (non-hydrogen) atoms. The van der Waals surface area contributed by atoms with Crippen molar-refractivity contribution >= 4 is 45.9 Å². The summed E-state index contributed by atoms with van der Waals surface area (Å²) >= 11 is 3.56. The second kappa shape index (κ2) is 12.2. The van der Waals surface area contributed by atoms with Gasteiger partial charge in [0.05, 0.1) is 33.0 Å². The van der Waals surface area contributed by atoms with Crippen molar-refractivity contribution in [1.29, 1.82) is 0 Å². The minimum Gasteiger partial charge on any atom is -0.493 e. The Balaban J connectivity index is 0.00000392. The molecule has 0 bridgehead atoms. The summed E-state index contributed by atoms with van der Waals surface area (Å²) in [7, 11) is 3.23. The molecule has 7 nitrogen and oxygen atoms in total. The minimum atomic E-state index is 0. The molecule has 1 heterocycles. The summed E-state index contributed by atoms with van der Waals surface area (Å²) in [5.74, 6) is 3.16. The molecule has 9 heteroatoms. The molecule has 0 saturated carbocycles. The third-order valence-corrected chi connectivity index (χ3v) is 4.64. The number of ether oxygens (including phenoxy) is 2. The topological polar surface area (TPSA) is 80.9 Å². The fourth-order valence-electron chi connectivity index (χ4n) is 2.38. The molecule has 0 spiro atoms. The molecule has 1 aromatic carbocycles. The summed E-state index contributed by atoms with van der Waals surface area (Å²) in [6, 6.07) is 5.76. The normalized spacial score (nSPS) is 11.2. The maximum absolute atomic E-state index is 5.37. The van der Waals surface area contributed by atoms with Crippen molar-refractivity contribution in [2.75, 3.05) is 20.8 Å². The van der Waals surface area contributed by atoms with Crippen molar-refractivity contribution in [2.24, 2.45) is 4.99 Å². The van der Waals surface area contributed by atoms with E-state index in [-0.39, 0.29) is 24.0 Å². The van der Waals surface area contributed by atoms with Crippen LogP contribution in [-0.2, 0) is 13.1 Å². The number of nitrogens with zero attached hydrogens (tertiary/aromatic N) is 2. The van der Waals surface area contributed by atoms with Crippen molar-refractivity contribution in [3.63, 3.8) is 0 Å². The predicted molar refractivity (Wildman–Crippen MR) is 125 cm³/mol. The Bertz CT molecular complexity index is 781. The average molecular weight is 567 g/mol. The van der Waals surface area contributed by atoms with Gasteiger partial charge in [0.25, 0.3) is 0 Å². The molecular weight excluding hydrogens is 539 g/mol. The molecule has 0 fully saturated rings. The van der Waals surface area contributed by atoms with Crippen molar-refractivity contribution in [2.45, 2.75) is 39.8 Å². The third-order valence-electron chi connectivity index (χ3n) is 3.90. The quantitative estimate of drug-likeness (QED) is 0.279. The smallest absolute Gasteiger partial charge is 0.191 e. The summed E-state index contributed by atoms with van der Waals surface area (Å²) < 4.78 is 17.0. The van der Waals surface area contributed by atoms with Gasteiger partial charge in [0.2, 0.25) is 0 Å². The Hall–Kier alpha value is -1.49. The Morgan fingerprint density at radius 1 is 1.18 bits per heavy atom. The van der Waals surface area contributed by atoms with E-state index >= 15 is 0 Å². The van der Waals surface area contributed by atoms with Crippen LogP contribution in [0.5, 0.6) is 11.5 Å². The van der Waals surface area contributed by atoms with E-state index in [0.29, 0.717) is 36.5 Å². The van der Waals surface area contributed by atoms with E-state index in [4.69, 9.17) is 14.0 Å². The van der Waals surface area contributed by atoms with Gasteiger partial charge in [-0.3, -0.25) is 0 Å². The van der Waals surface area contributed by atoms with Crippen LogP contribution in [0, 0.1) is 0 Å². The maximum Gasteiger partial charge on any atom is 0.191 e. The molecule has 2 rings (SSSR count). The molecule has 0 aliphatic carbocycles. The minimum absolute atomic E-state index is 0. The lowest BCUT2D eigenvalue weighted by atomic mass is 10.1. The van der Waals surface area contributed by atoms with E-state index in [2.05, 4.69) is 50.6 Å². The molecule has 2 aromatic rings. The number of halogens is 2. The molecule has 2 N–H and O–H groups in total. The number of methoxy groups -OCH3 is 2. The summed E-state index contributed by atoms with van der Waals surface area (Å²) in [5.41, 5.74) is 1.94. The Morgan fingerprint density at radius 3 is 2.43 bits per heavy atom. The van der Waals surface area contributed by atoms with Gasteiger partial charge in [-0.05, 0) is 30.5 Å². The van der Waals surface area contributed by atoms with Gasteiger partial charge in [0.1, 0.15) is 0 Å². The number of hydrogen-bond donors (Lipinski definition) is 2. The molecule has 0 unspecified atom stereocenters. The van der Waals surface area contributed by atoms with Gasteiger partial charge in [-0.25, -0.2) is 4.99 Å². The number of nitrogens with one attached hydrogen (secondary N) is 2. The van der Waals surface area contributed by atoms with Crippen LogP contribution in [0.15, 0.2) is 32.2 Å². The van der Waals surface area contributed by atoms with Gasteiger partial charge < -0.3 is 24.6 Å². The molecule has 0 aliphatic heterocycles. The summed E-state index contributed by atoms with van der Waals surface area (Å²) in [6.07, 6.45) is 0. The van der Waals surface area contributed by atoms with Crippen molar-refractivity contribution in [3.8, 4) is 11.5 Å². The number of benzene rings is 1. The van der Waals surface area contributed by atoms with Crippen LogP contribution < -0.4 is 20.1 Å². The fraction of sp³-hybridized carbons (Fsp3) is 0.474. The fourth-order valence-corrected chi connectivity index (χ4v) is 2.83. The van der Waals surface area contributed by atoms with E-state index in [1.165, 1.54) is 0 Å². The summed E-state index contributed by atoms with van der Waals surface area (Å²) in [6.45, 7) is 7.94. The lowest BCUT2D eigenvalue weighted by molar-refractivity contribution is 0.354. The highest BCUT2D eigenvalue weighted by Crippen LogP contribution is 2.33. The van der Waals surface area contributed by atoms with Crippen LogP contribution in [0.25, 0.3) is 0 Å². The Labute approximate surface area is 191 Å². The molecule has 0 saturated heterocycles. The van der Waals surface area contributed by atoms with Gasteiger partial charge in [-0.2, -0.15) is 0 Å². The van der Waals surface area contributed by atoms with Crippen LogP contribution in [0.1, 0.15) is 43.7 Å². The molecule has 1 aromatic heterocycles. The Morgan fingerprint density at radius 2 is 1.86 bits per heavy atom. The van der Waals surface area contributed by atoms with Crippen molar-refractivity contribution in [3.05, 3.63) is 39.7 Å². The first-order valence-corrected chi connectivity index (χ1v) is 9.65. The van der Waals surface area contributed by atoms with Crippen LogP contribution in [-0.4, -0.2) is 31.9 Å². The van der Waals surface area contributed by atoms with E-state index in [1.54, 1.807) is 14.2 Å². The number of rotatable bonds is 8. The number of guanidine groups is 1. The highest BCUT2D eigenvalue weighted by Gasteiger charge is 2.11. The molecule has 0 atom stereocenters. The standard InChI is InChI=1S/C19H27BrN4O3.HI/c1-6-21-19(23-11-14-8-16(12(2)3)24-27-14)22-10-13-7-17(25-4)18(26-5)9-15(13)20;/h7-9,12H,6,10-11H2,1-5H3,(H2,21,22,23);1H. The number of hydrogen-bond acceptors (Lipinski definition) is 5. The lowest BCUT2D eigenvalue weighted by Crippen LogP contribution is -2.36. The van der Waals surface area contributed by atoms with E-state index < -0.39 is 0 Å². The first kappa shape index (κ1) is 24.5. The largest absolute Gasteiger partial charge is 0.493 e. The number of aromatic nitrogens is 1. The zero-order valence-electron chi connectivity index (χ0n) is 16.8. The van der Waals surface area contributed by atoms with Crippen molar-refractivity contribution in [1.82, 2.24) is 15.8 Å².